The van der Waals surface area contributed by atoms with Crippen molar-refractivity contribution in [2.75, 3.05) is 0 Å². The van der Waals surface area contributed by atoms with Crippen LogP contribution < -0.4 is 37.1 Å². The summed E-state index contributed by atoms with van der Waals surface area (Å²) in [6, 6.07) is 0. The molecule has 4 nitrogen and oxygen atoms in total. The smallest absolute Gasteiger partial charge is 2.00 e. The molecule has 0 aromatic carbocycles. The van der Waals surface area contributed by atoms with Gasteiger partial charge in [-0.15, -0.1) is 0 Å². The van der Waals surface area contributed by atoms with Gasteiger partial charge in [-0.1, -0.05) is 0 Å². The maximum atomic E-state index is 8.65. The van der Waals surface area contributed by atoms with Crippen molar-refractivity contribution in [3.63, 3.8) is 0 Å². The Balaban J connectivity index is -0.0000000267. The quantitative estimate of drug-likeness (QED) is 0.413. The Morgan fingerprint density at radius 2 is 1.29 bits per heavy atom. The average Bonchev–Trinajstić information content (AvgIpc) is 0.722. The zero-order valence-corrected chi connectivity index (χ0v) is 11.6. The van der Waals surface area contributed by atoms with Crippen LogP contribution in [0.25, 0.3) is 0 Å². The van der Waals surface area contributed by atoms with Gasteiger partial charge in [0.25, 0.3) is 0 Å². The minimum atomic E-state index is -6.17. The molecule has 0 N–H and O–H groups in total. The summed E-state index contributed by atoms with van der Waals surface area (Å²) in [7, 11) is 0. The van der Waals surface area contributed by atoms with Crippen molar-refractivity contribution in [1.82, 2.24) is 0 Å². The first-order chi connectivity index (χ1) is 2.00. The molecule has 7 heteroatoms. The Labute approximate surface area is 80.6 Å². The van der Waals surface area contributed by atoms with Crippen LogP contribution in [-0.2, 0) is 43.0 Å². The Morgan fingerprint density at radius 1 is 1.29 bits per heavy atom. The van der Waals surface area contributed by atoms with E-state index in [4.69, 9.17) is 14.3 Å². The van der Waals surface area contributed by atoms with Gasteiger partial charge in [-0.3, -0.25) is 0 Å². The molecular formula is HNaO4WZn. The summed E-state index contributed by atoms with van der Waals surface area (Å²) >= 11 is -6.17. The SMILES string of the molecule is [H-].[Na+].[O]=[W](=[O])([O-])[O-].[Zn+2]. The van der Waals surface area contributed by atoms with Crippen LogP contribution in [0.5, 0.6) is 0 Å². The second kappa shape index (κ2) is 5.96. The number of rotatable bonds is 0. The molecule has 0 bridgehead atoms. The zero-order chi connectivity index (χ0) is 4.50. The first-order valence-corrected chi connectivity index (χ1v) is 5.46. The van der Waals surface area contributed by atoms with Crippen molar-refractivity contribution in [2.24, 2.45) is 0 Å². The van der Waals surface area contributed by atoms with Crippen LogP contribution in [0.1, 0.15) is 1.43 Å². The molecule has 7 heavy (non-hydrogen) atoms. The van der Waals surface area contributed by atoms with Gasteiger partial charge >= 0.3 is 80.1 Å². The molecule has 0 aliphatic heterocycles. The van der Waals surface area contributed by atoms with Crippen LogP contribution in [0, 0.1) is 0 Å². The van der Waals surface area contributed by atoms with Crippen LogP contribution >= 0.6 is 0 Å². The molecule has 0 aromatic heterocycles. The van der Waals surface area contributed by atoms with E-state index in [2.05, 4.69) is 0 Å². The van der Waals surface area contributed by atoms with E-state index in [1.54, 1.807) is 0 Å². The van der Waals surface area contributed by atoms with Crippen LogP contribution in [0.3, 0.4) is 0 Å². The normalized spacial score (nSPS) is 8.29. The van der Waals surface area contributed by atoms with Gasteiger partial charge in [0.2, 0.25) is 0 Å². The molecule has 0 amide bonds. The minimum Gasteiger partial charge on any atom is 2.00 e. The topological polar surface area (TPSA) is 80.3 Å². The zero-order valence-electron chi connectivity index (χ0n) is 4.75. The molecule has 0 fully saturated rings. The van der Waals surface area contributed by atoms with E-state index in [-0.39, 0.29) is 50.5 Å². The van der Waals surface area contributed by atoms with E-state index in [1.165, 1.54) is 0 Å². The van der Waals surface area contributed by atoms with E-state index in [9.17, 15) is 0 Å². The summed E-state index contributed by atoms with van der Waals surface area (Å²) in [6.07, 6.45) is 0. The molecule has 0 unspecified atom stereocenters. The van der Waals surface area contributed by atoms with Crippen molar-refractivity contribution >= 4 is 0 Å². The molecule has 0 aliphatic carbocycles. The van der Waals surface area contributed by atoms with Gasteiger partial charge in [0, 0.05) is 0 Å². The van der Waals surface area contributed by atoms with Crippen molar-refractivity contribution in [2.45, 2.75) is 0 Å². The summed E-state index contributed by atoms with van der Waals surface area (Å²) in [5, 5.41) is 0. The Hall–Kier alpha value is 1.83. The molecule has 0 radical (unpaired) electrons. The van der Waals surface area contributed by atoms with Crippen LogP contribution in [0.15, 0.2) is 0 Å². The van der Waals surface area contributed by atoms with Gasteiger partial charge in [-0.25, -0.2) is 0 Å². The molecule has 0 saturated heterocycles. The van der Waals surface area contributed by atoms with Crippen LogP contribution in [0.4, 0.5) is 0 Å². The Morgan fingerprint density at radius 3 is 1.29 bits per heavy atom. The first-order valence-electron chi connectivity index (χ1n) is 0.667. The van der Waals surface area contributed by atoms with Gasteiger partial charge in [-0.2, -0.15) is 0 Å². The maximum absolute atomic E-state index is 8.65. The standard InChI is InChI=1S/Na.4O.W.Zn.H/q+1;;;2*-1;;+2;-1. The van der Waals surface area contributed by atoms with Crippen LogP contribution in [-0.4, -0.2) is 0 Å². The predicted octanol–water partition coefficient (Wildman–Crippen LogP) is -5.50. The molecular weight excluding hydrogens is 336 g/mol. The van der Waals surface area contributed by atoms with E-state index in [0.717, 1.165) is 0 Å². The van der Waals surface area contributed by atoms with Crippen molar-refractivity contribution in [3.05, 3.63) is 0 Å². The molecule has 34 valence electrons. The molecule has 0 atom stereocenters. The molecule has 0 rings (SSSR count). The Kier molecular flexibility index (Phi) is 13.6. The van der Waals surface area contributed by atoms with Crippen molar-refractivity contribution in [1.29, 1.82) is 0 Å². The Bertz CT molecular complexity index is 99.2. The first kappa shape index (κ1) is 15.9. The third kappa shape index (κ3) is 79.4. The summed E-state index contributed by atoms with van der Waals surface area (Å²) in [5.74, 6) is 0. The summed E-state index contributed by atoms with van der Waals surface area (Å²) in [6.45, 7) is 0. The van der Waals surface area contributed by atoms with Gasteiger partial charge in [-0.05, 0) is 0 Å². The largest absolute Gasteiger partial charge is 2.00 e. The van der Waals surface area contributed by atoms with E-state index in [1.807, 2.05) is 0 Å². The molecule has 0 saturated carbocycles. The summed E-state index contributed by atoms with van der Waals surface area (Å²) < 4.78 is 34.6. The van der Waals surface area contributed by atoms with Crippen LogP contribution in [0.2, 0.25) is 0 Å². The fourth-order valence-electron chi connectivity index (χ4n) is 0. The summed E-state index contributed by atoms with van der Waals surface area (Å²) in [4.78, 5) is 0. The third-order valence-electron chi connectivity index (χ3n) is 0. The summed E-state index contributed by atoms with van der Waals surface area (Å²) in [5.41, 5.74) is 0. The van der Waals surface area contributed by atoms with Gasteiger partial charge in [0.05, 0.1) is 0 Å². The van der Waals surface area contributed by atoms with Crippen molar-refractivity contribution in [3.8, 4) is 0 Å². The minimum absolute atomic E-state index is 0. The fraction of sp³-hybridized carbons (Fsp3) is 0. The maximum Gasteiger partial charge on any atom is 2.00 e. The third-order valence-corrected chi connectivity index (χ3v) is 0. The monoisotopic (exact) mass is 336 g/mol. The van der Waals surface area contributed by atoms with Gasteiger partial charge in [0.15, 0.2) is 0 Å². The molecule has 0 spiro atoms. The van der Waals surface area contributed by atoms with Crippen molar-refractivity contribution < 1.29 is 81.5 Å². The van der Waals surface area contributed by atoms with Gasteiger partial charge in [0.1, 0.15) is 0 Å². The van der Waals surface area contributed by atoms with E-state index < -0.39 is 16.7 Å². The molecule has 0 heterocycles. The second-order valence-corrected chi connectivity index (χ2v) is 3.34. The predicted molar refractivity (Wildman–Crippen MR) is 2.49 cm³/mol. The average molecular weight is 337 g/mol. The van der Waals surface area contributed by atoms with E-state index >= 15 is 0 Å². The molecule has 0 aliphatic rings. The van der Waals surface area contributed by atoms with E-state index in [0.29, 0.717) is 0 Å². The number of hydrogen-bond donors (Lipinski definition) is 0. The van der Waals surface area contributed by atoms with Gasteiger partial charge < -0.3 is 1.43 Å². The molecule has 0 aromatic rings. The fourth-order valence-corrected chi connectivity index (χ4v) is 0. The number of hydrogen-bond acceptors (Lipinski definition) is 4. The second-order valence-electron chi connectivity index (χ2n) is 0.408.